The summed E-state index contributed by atoms with van der Waals surface area (Å²) in [5.41, 5.74) is 0. The first-order valence-electron chi connectivity index (χ1n) is 7.82. The van der Waals surface area contributed by atoms with Gasteiger partial charge in [-0.25, -0.2) is 0 Å². The summed E-state index contributed by atoms with van der Waals surface area (Å²) in [6.07, 6.45) is 2.31. The third-order valence-electron chi connectivity index (χ3n) is 4.13. The Morgan fingerprint density at radius 1 is 1.35 bits per heavy atom. The minimum Gasteiger partial charge on any atom is -0.482 e. The minimum atomic E-state index is -0.0139. The van der Waals surface area contributed by atoms with Gasteiger partial charge in [0.15, 0.2) is 6.61 Å². The summed E-state index contributed by atoms with van der Waals surface area (Å²) >= 11 is 11.9. The van der Waals surface area contributed by atoms with Gasteiger partial charge in [0.1, 0.15) is 5.75 Å². The zero-order valence-corrected chi connectivity index (χ0v) is 14.3. The van der Waals surface area contributed by atoms with Crippen molar-refractivity contribution in [2.24, 2.45) is 0 Å². The van der Waals surface area contributed by atoms with E-state index in [1.807, 2.05) is 4.90 Å². The van der Waals surface area contributed by atoms with Gasteiger partial charge in [0.05, 0.1) is 17.7 Å². The lowest BCUT2D eigenvalue weighted by molar-refractivity contribution is -0.134. The first-order chi connectivity index (χ1) is 11.1. The highest BCUT2D eigenvalue weighted by Gasteiger charge is 2.26. The molecule has 2 heterocycles. The highest BCUT2D eigenvalue weighted by molar-refractivity contribution is 6.35. The summed E-state index contributed by atoms with van der Waals surface area (Å²) in [6, 6.07) is 5.43. The Labute approximate surface area is 145 Å². The van der Waals surface area contributed by atoms with Crippen molar-refractivity contribution in [1.29, 1.82) is 0 Å². The van der Waals surface area contributed by atoms with Crippen molar-refractivity contribution in [3.63, 3.8) is 0 Å². The first-order valence-corrected chi connectivity index (χ1v) is 8.58. The van der Waals surface area contributed by atoms with Gasteiger partial charge in [0, 0.05) is 30.7 Å². The van der Waals surface area contributed by atoms with Crippen LogP contribution in [0, 0.1) is 0 Å². The zero-order valence-electron chi connectivity index (χ0n) is 12.8. The largest absolute Gasteiger partial charge is 0.482 e. The van der Waals surface area contributed by atoms with E-state index in [0.29, 0.717) is 27.9 Å². The molecular formula is C16H20Cl2N2O3. The van der Waals surface area contributed by atoms with E-state index in [1.165, 1.54) is 0 Å². The summed E-state index contributed by atoms with van der Waals surface area (Å²) in [6.45, 7) is 3.28. The summed E-state index contributed by atoms with van der Waals surface area (Å²) < 4.78 is 10.7. The highest BCUT2D eigenvalue weighted by Crippen LogP contribution is 2.27. The number of hydrogen-bond acceptors (Lipinski definition) is 4. The summed E-state index contributed by atoms with van der Waals surface area (Å²) in [5, 5.41) is 4.44. The number of halogens is 2. The Hall–Kier alpha value is -1.01. The van der Waals surface area contributed by atoms with Crippen LogP contribution in [0.5, 0.6) is 5.75 Å². The molecule has 2 aliphatic rings. The van der Waals surface area contributed by atoms with Gasteiger partial charge in [-0.3, -0.25) is 4.79 Å². The molecule has 0 aliphatic carbocycles. The van der Waals surface area contributed by atoms with E-state index in [2.05, 4.69) is 5.32 Å². The van der Waals surface area contributed by atoms with E-state index in [9.17, 15) is 4.79 Å². The fraction of sp³-hybridized carbons (Fsp3) is 0.562. The Bertz CT molecular complexity index is 558. The van der Waals surface area contributed by atoms with E-state index in [0.717, 1.165) is 39.1 Å². The average Bonchev–Trinajstić information content (AvgIpc) is 3.37. The van der Waals surface area contributed by atoms with Crippen LogP contribution in [0.4, 0.5) is 0 Å². The lowest BCUT2D eigenvalue weighted by Gasteiger charge is -2.32. The normalized spacial score (nSPS) is 21.3. The molecule has 0 radical (unpaired) electrons. The van der Waals surface area contributed by atoms with Crippen molar-refractivity contribution >= 4 is 29.1 Å². The molecule has 2 aliphatic heterocycles. The van der Waals surface area contributed by atoms with Gasteiger partial charge < -0.3 is 19.7 Å². The maximum Gasteiger partial charge on any atom is 0.260 e. The molecule has 1 aromatic rings. The smallest absolute Gasteiger partial charge is 0.260 e. The summed E-state index contributed by atoms with van der Waals surface area (Å²) in [7, 11) is 0. The van der Waals surface area contributed by atoms with E-state index >= 15 is 0 Å². The van der Waals surface area contributed by atoms with Gasteiger partial charge in [-0.2, -0.15) is 0 Å². The van der Waals surface area contributed by atoms with Crippen LogP contribution in [0.2, 0.25) is 10.0 Å². The number of carbonyl (C=O) groups is 1. The molecule has 1 unspecified atom stereocenters. The fourth-order valence-corrected chi connectivity index (χ4v) is 3.10. The highest BCUT2D eigenvalue weighted by atomic mass is 35.5. The topological polar surface area (TPSA) is 54.1 Å². The molecule has 0 aromatic heterocycles. The Balaban J connectivity index is 1.40. The number of ether oxygens (including phenoxy) is 2. The van der Waals surface area contributed by atoms with Gasteiger partial charge in [-0.15, -0.1) is 0 Å². The number of amides is 1. The summed E-state index contributed by atoms with van der Waals surface area (Å²) in [5.74, 6) is 0.463. The number of piperidine rings is 1. The van der Waals surface area contributed by atoms with Gasteiger partial charge in [-0.1, -0.05) is 23.2 Å². The standard InChI is InChI=1S/C16H20Cl2N2O3/c17-11-1-2-15(14(18)7-11)23-10-16(21)20-5-3-12(4-6-20)19-8-13-9-22-13/h1-2,7,12-13,19H,3-6,8-10H2. The number of nitrogens with zero attached hydrogens (tertiary/aromatic N) is 1. The maximum absolute atomic E-state index is 12.2. The third kappa shape index (κ3) is 4.98. The molecule has 1 N–H and O–H groups in total. The van der Waals surface area contributed by atoms with Crippen molar-refractivity contribution in [3.05, 3.63) is 28.2 Å². The first kappa shape index (κ1) is 16.8. The number of nitrogens with one attached hydrogen (secondary N) is 1. The Kier molecular flexibility index (Phi) is 5.64. The van der Waals surface area contributed by atoms with Gasteiger partial charge >= 0.3 is 0 Å². The molecule has 2 fully saturated rings. The van der Waals surface area contributed by atoms with Crippen LogP contribution in [0.3, 0.4) is 0 Å². The molecule has 126 valence electrons. The van der Waals surface area contributed by atoms with Crippen LogP contribution in [-0.4, -0.2) is 55.8 Å². The SMILES string of the molecule is O=C(COc1ccc(Cl)cc1Cl)N1CCC(NCC2CO2)CC1. The average molecular weight is 359 g/mol. The molecule has 5 nitrogen and oxygen atoms in total. The molecule has 1 atom stereocenters. The molecule has 7 heteroatoms. The monoisotopic (exact) mass is 358 g/mol. The van der Waals surface area contributed by atoms with Gasteiger partial charge in [-0.05, 0) is 31.0 Å². The number of hydrogen-bond donors (Lipinski definition) is 1. The second-order valence-corrected chi connectivity index (χ2v) is 6.73. The second kappa shape index (κ2) is 7.71. The lowest BCUT2D eigenvalue weighted by Crippen LogP contribution is -2.47. The van der Waals surface area contributed by atoms with Crippen LogP contribution >= 0.6 is 23.2 Å². The van der Waals surface area contributed by atoms with Crippen molar-refractivity contribution in [1.82, 2.24) is 10.2 Å². The number of carbonyl (C=O) groups excluding carboxylic acids is 1. The van der Waals surface area contributed by atoms with Crippen molar-refractivity contribution in [2.75, 3.05) is 32.8 Å². The molecule has 0 bridgehead atoms. The van der Waals surface area contributed by atoms with Crippen molar-refractivity contribution in [3.8, 4) is 5.75 Å². The molecule has 3 rings (SSSR count). The molecule has 1 amide bonds. The van der Waals surface area contributed by atoms with Crippen LogP contribution in [0.15, 0.2) is 18.2 Å². The second-order valence-electron chi connectivity index (χ2n) is 5.88. The molecular weight excluding hydrogens is 339 g/mol. The van der Waals surface area contributed by atoms with E-state index in [4.69, 9.17) is 32.7 Å². The number of likely N-dealkylation sites (tertiary alicyclic amines) is 1. The Morgan fingerprint density at radius 3 is 2.74 bits per heavy atom. The molecule has 0 saturated carbocycles. The Morgan fingerprint density at radius 2 is 2.09 bits per heavy atom. The predicted octanol–water partition coefficient (Wildman–Crippen LogP) is 2.35. The van der Waals surface area contributed by atoms with Crippen molar-refractivity contribution in [2.45, 2.75) is 25.0 Å². The molecule has 2 saturated heterocycles. The predicted molar refractivity (Wildman–Crippen MR) is 89.3 cm³/mol. The van der Waals surface area contributed by atoms with Gasteiger partial charge in [0.2, 0.25) is 0 Å². The molecule has 0 spiro atoms. The summed E-state index contributed by atoms with van der Waals surface area (Å²) in [4.78, 5) is 14.1. The number of rotatable bonds is 6. The zero-order chi connectivity index (χ0) is 16.2. The third-order valence-corrected chi connectivity index (χ3v) is 4.66. The van der Waals surface area contributed by atoms with Crippen LogP contribution < -0.4 is 10.1 Å². The van der Waals surface area contributed by atoms with Gasteiger partial charge in [0.25, 0.3) is 5.91 Å². The van der Waals surface area contributed by atoms with E-state index < -0.39 is 0 Å². The number of benzene rings is 1. The minimum absolute atomic E-state index is 0.00460. The van der Waals surface area contributed by atoms with Crippen LogP contribution in [0.25, 0.3) is 0 Å². The van der Waals surface area contributed by atoms with Crippen LogP contribution in [-0.2, 0) is 9.53 Å². The maximum atomic E-state index is 12.2. The number of epoxide rings is 1. The van der Waals surface area contributed by atoms with Crippen molar-refractivity contribution < 1.29 is 14.3 Å². The molecule has 1 aromatic carbocycles. The van der Waals surface area contributed by atoms with E-state index in [-0.39, 0.29) is 12.5 Å². The quantitative estimate of drug-likeness (QED) is 0.793. The fourth-order valence-electron chi connectivity index (χ4n) is 2.64. The lowest BCUT2D eigenvalue weighted by atomic mass is 10.0. The van der Waals surface area contributed by atoms with Crippen LogP contribution in [0.1, 0.15) is 12.8 Å². The molecule has 23 heavy (non-hydrogen) atoms. The van der Waals surface area contributed by atoms with E-state index in [1.54, 1.807) is 18.2 Å².